The fourth-order valence-electron chi connectivity index (χ4n) is 1.39. The number of nitriles is 1. The lowest BCUT2D eigenvalue weighted by atomic mass is 9.95. The highest BCUT2D eigenvalue weighted by Gasteiger charge is 2.29. The molecule has 5 nitrogen and oxygen atoms in total. The van der Waals surface area contributed by atoms with Crippen molar-refractivity contribution in [3.63, 3.8) is 0 Å². The van der Waals surface area contributed by atoms with E-state index in [-0.39, 0.29) is 0 Å². The molecule has 1 aromatic carbocycles. The van der Waals surface area contributed by atoms with Crippen molar-refractivity contribution in [3.8, 4) is 11.8 Å². The van der Waals surface area contributed by atoms with Gasteiger partial charge in [-0.1, -0.05) is 18.2 Å². The number of hydrogen-bond donors (Lipinski definition) is 0. The van der Waals surface area contributed by atoms with Gasteiger partial charge in [-0.2, -0.15) is 5.26 Å². The molecule has 1 atom stereocenters. The van der Waals surface area contributed by atoms with Crippen LogP contribution in [0.2, 0.25) is 0 Å². The zero-order valence-corrected chi connectivity index (χ0v) is 9.47. The fraction of sp³-hybridized carbons (Fsp3) is 0.250. The lowest BCUT2D eigenvalue weighted by Crippen LogP contribution is -2.22. The SMILES string of the molecule is COC(=O)C(=O)C(C#N)c1ccccc1OC. The van der Waals surface area contributed by atoms with Gasteiger partial charge in [0.15, 0.2) is 0 Å². The Morgan fingerprint density at radius 1 is 1.29 bits per heavy atom. The molecule has 1 unspecified atom stereocenters. The Morgan fingerprint density at radius 3 is 2.47 bits per heavy atom. The fourth-order valence-corrected chi connectivity index (χ4v) is 1.39. The molecule has 0 aliphatic carbocycles. The Kier molecular flexibility index (Phi) is 4.23. The van der Waals surface area contributed by atoms with Gasteiger partial charge in [0.1, 0.15) is 11.7 Å². The summed E-state index contributed by atoms with van der Waals surface area (Å²) in [6.07, 6.45) is 0. The molecule has 5 heteroatoms. The van der Waals surface area contributed by atoms with Crippen molar-refractivity contribution in [1.82, 2.24) is 0 Å². The second-order valence-electron chi connectivity index (χ2n) is 3.16. The summed E-state index contributed by atoms with van der Waals surface area (Å²) in [7, 11) is 2.52. The molecule has 0 spiro atoms. The highest BCUT2D eigenvalue weighted by Crippen LogP contribution is 2.26. The average Bonchev–Trinajstić information content (AvgIpc) is 2.39. The topological polar surface area (TPSA) is 76.4 Å². The van der Waals surface area contributed by atoms with Crippen LogP contribution in [0.3, 0.4) is 0 Å². The molecule has 17 heavy (non-hydrogen) atoms. The highest BCUT2D eigenvalue weighted by atomic mass is 16.5. The van der Waals surface area contributed by atoms with Crippen LogP contribution >= 0.6 is 0 Å². The third-order valence-corrected chi connectivity index (χ3v) is 2.23. The van der Waals surface area contributed by atoms with E-state index >= 15 is 0 Å². The zero-order chi connectivity index (χ0) is 12.8. The number of hydrogen-bond acceptors (Lipinski definition) is 5. The van der Waals surface area contributed by atoms with Crippen molar-refractivity contribution in [1.29, 1.82) is 5.26 Å². The summed E-state index contributed by atoms with van der Waals surface area (Å²) in [6.45, 7) is 0. The van der Waals surface area contributed by atoms with E-state index in [1.165, 1.54) is 7.11 Å². The van der Waals surface area contributed by atoms with Crippen molar-refractivity contribution < 1.29 is 19.1 Å². The molecule has 0 saturated heterocycles. The average molecular weight is 233 g/mol. The maximum Gasteiger partial charge on any atom is 0.376 e. The second kappa shape index (κ2) is 5.66. The van der Waals surface area contributed by atoms with E-state index in [0.717, 1.165) is 7.11 Å². The number of rotatable bonds is 4. The van der Waals surface area contributed by atoms with E-state index in [0.29, 0.717) is 11.3 Å². The molecule has 0 aromatic heterocycles. The predicted molar refractivity (Wildman–Crippen MR) is 58.4 cm³/mol. The van der Waals surface area contributed by atoms with Crippen molar-refractivity contribution >= 4 is 11.8 Å². The van der Waals surface area contributed by atoms with Crippen LogP contribution in [-0.4, -0.2) is 26.0 Å². The maximum absolute atomic E-state index is 11.6. The van der Waals surface area contributed by atoms with Crippen LogP contribution in [0.15, 0.2) is 24.3 Å². The standard InChI is InChI=1S/C12H11NO4/c1-16-10-6-4-3-5-8(10)9(7-13)11(14)12(15)17-2/h3-6,9H,1-2H3. The van der Waals surface area contributed by atoms with Gasteiger partial charge < -0.3 is 9.47 Å². The Hall–Kier alpha value is -2.35. The predicted octanol–water partition coefficient (Wildman–Crippen LogP) is 1.04. The van der Waals surface area contributed by atoms with Crippen molar-refractivity contribution in [2.75, 3.05) is 14.2 Å². The Balaban J connectivity index is 3.15. The van der Waals surface area contributed by atoms with Gasteiger partial charge in [0.25, 0.3) is 5.78 Å². The molecule has 0 saturated carbocycles. The van der Waals surface area contributed by atoms with Crippen molar-refractivity contribution in [2.24, 2.45) is 0 Å². The Bertz CT molecular complexity index is 476. The molecule has 88 valence electrons. The number of nitrogens with zero attached hydrogens (tertiary/aromatic N) is 1. The molecule has 0 aliphatic heterocycles. The van der Waals surface area contributed by atoms with E-state index in [2.05, 4.69) is 4.74 Å². The molecule has 0 N–H and O–H groups in total. The zero-order valence-electron chi connectivity index (χ0n) is 9.47. The molecule has 0 aliphatic rings. The first-order valence-electron chi connectivity index (χ1n) is 4.80. The third kappa shape index (κ3) is 2.61. The summed E-state index contributed by atoms with van der Waals surface area (Å²) in [4.78, 5) is 22.7. The minimum absolute atomic E-state index is 0.355. The van der Waals surface area contributed by atoms with Crippen molar-refractivity contribution in [2.45, 2.75) is 5.92 Å². The van der Waals surface area contributed by atoms with Gasteiger partial charge >= 0.3 is 5.97 Å². The minimum atomic E-state index is -1.21. The lowest BCUT2D eigenvalue weighted by molar-refractivity contribution is -0.151. The van der Waals surface area contributed by atoms with E-state index in [1.807, 2.05) is 0 Å². The highest BCUT2D eigenvalue weighted by molar-refractivity contribution is 6.36. The van der Waals surface area contributed by atoms with E-state index < -0.39 is 17.7 Å². The molecular weight excluding hydrogens is 222 g/mol. The van der Waals surface area contributed by atoms with Gasteiger partial charge in [-0.3, -0.25) is 4.79 Å². The molecule has 0 radical (unpaired) electrons. The van der Waals surface area contributed by atoms with Gasteiger partial charge in [0, 0.05) is 5.56 Å². The van der Waals surface area contributed by atoms with Crippen LogP contribution in [0.5, 0.6) is 5.75 Å². The number of carbonyl (C=O) groups excluding carboxylic acids is 2. The first-order valence-corrected chi connectivity index (χ1v) is 4.80. The van der Waals surface area contributed by atoms with Gasteiger partial charge in [-0.25, -0.2) is 4.79 Å². The van der Waals surface area contributed by atoms with Crippen LogP contribution in [-0.2, 0) is 14.3 Å². The maximum atomic E-state index is 11.6. The number of carbonyl (C=O) groups is 2. The normalized spacial score (nSPS) is 11.1. The minimum Gasteiger partial charge on any atom is -0.496 e. The second-order valence-corrected chi connectivity index (χ2v) is 3.16. The largest absolute Gasteiger partial charge is 0.496 e. The van der Waals surface area contributed by atoms with Crippen LogP contribution in [0.4, 0.5) is 0 Å². The smallest absolute Gasteiger partial charge is 0.376 e. The number of ether oxygens (including phenoxy) is 2. The monoisotopic (exact) mass is 233 g/mol. The van der Waals surface area contributed by atoms with Gasteiger partial charge in [0.05, 0.1) is 20.3 Å². The lowest BCUT2D eigenvalue weighted by Gasteiger charge is -2.11. The number of para-hydroxylation sites is 1. The summed E-state index contributed by atoms with van der Waals surface area (Å²) in [6, 6.07) is 8.32. The number of methoxy groups -OCH3 is 2. The molecular formula is C12H11NO4. The molecule has 0 bridgehead atoms. The number of benzene rings is 1. The summed E-state index contributed by atoms with van der Waals surface area (Å²) < 4.78 is 9.35. The van der Waals surface area contributed by atoms with Gasteiger partial charge in [0.2, 0.25) is 0 Å². The van der Waals surface area contributed by atoms with E-state index in [4.69, 9.17) is 10.00 Å². The number of esters is 1. The summed E-state index contributed by atoms with van der Waals surface area (Å²) in [5.41, 5.74) is 0.355. The van der Waals surface area contributed by atoms with Crippen LogP contribution in [0, 0.1) is 11.3 Å². The summed E-state index contributed by atoms with van der Waals surface area (Å²) in [5.74, 6) is -2.77. The number of ketones is 1. The van der Waals surface area contributed by atoms with Gasteiger partial charge in [-0.05, 0) is 6.07 Å². The molecule has 1 rings (SSSR count). The quantitative estimate of drug-likeness (QED) is 0.573. The van der Waals surface area contributed by atoms with Crippen LogP contribution < -0.4 is 4.74 Å². The molecule has 1 aromatic rings. The molecule has 0 fully saturated rings. The Labute approximate surface area is 98.6 Å². The first kappa shape index (κ1) is 12.7. The van der Waals surface area contributed by atoms with Crippen LogP contribution in [0.25, 0.3) is 0 Å². The van der Waals surface area contributed by atoms with E-state index in [1.54, 1.807) is 30.3 Å². The van der Waals surface area contributed by atoms with Crippen LogP contribution in [0.1, 0.15) is 11.5 Å². The number of Topliss-reactive ketones (excluding diaryl/α,β-unsaturated/α-hetero) is 1. The Morgan fingerprint density at radius 2 is 1.94 bits per heavy atom. The van der Waals surface area contributed by atoms with E-state index in [9.17, 15) is 9.59 Å². The summed E-state index contributed by atoms with van der Waals surface area (Å²) in [5, 5.41) is 8.98. The van der Waals surface area contributed by atoms with Gasteiger partial charge in [-0.15, -0.1) is 0 Å². The first-order chi connectivity index (χ1) is 8.15. The van der Waals surface area contributed by atoms with Crippen molar-refractivity contribution in [3.05, 3.63) is 29.8 Å². The molecule has 0 heterocycles. The molecule has 0 amide bonds. The summed E-state index contributed by atoms with van der Waals surface area (Å²) >= 11 is 0. The third-order valence-electron chi connectivity index (χ3n) is 2.23.